The Hall–Kier alpha value is -1.75. The first kappa shape index (κ1) is 12.7. The van der Waals surface area contributed by atoms with E-state index in [2.05, 4.69) is 9.97 Å². The van der Waals surface area contributed by atoms with Gasteiger partial charge >= 0.3 is 5.97 Å². The summed E-state index contributed by atoms with van der Waals surface area (Å²) in [5, 5.41) is 10.1. The second-order valence-corrected chi connectivity index (χ2v) is 5.99. The average molecular weight is 262 g/mol. The number of carboxylic acids is 1. The van der Waals surface area contributed by atoms with E-state index >= 15 is 0 Å². The molecule has 5 heteroatoms. The number of aromatic carboxylic acids is 1. The fourth-order valence-electron chi connectivity index (χ4n) is 1.49. The van der Waals surface area contributed by atoms with Crippen molar-refractivity contribution in [3.8, 4) is 11.3 Å². The summed E-state index contributed by atoms with van der Waals surface area (Å²) in [4.78, 5) is 20.0. The van der Waals surface area contributed by atoms with Gasteiger partial charge < -0.3 is 5.11 Å². The number of thiazole rings is 1. The van der Waals surface area contributed by atoms with Crippen molar-refractivity contribution in [2.75, 3.05) is 0 Å². The Balaban J connectivity index is 2.60. The van der Waals surface area contributed by atoms with E-state index < -0.39 is 5.97 Å². The van der Waals surface area contributed by atoms with Crippen LogP contribution in [-0.4, -0.2) is 21.0 Å². The Bertz CT molecular complexity index is 570. The van der Waals surface area contributed by atoms with Crippen molar-refractivity contribution >= 4 is 17.3 Å². The maximum atomic E-state index is 11.3. The minimum Gasteiger partial charge on any atom is -0.477 e. The van der Waals surface area contributed by atoms with Gasteiger partial charge in [0, 0.05) is 23.4 Å². The summed E-state index contributed by atoms with van der Waals surface area (Å²) in [6.45, 7) is 6.06. The minimum atomic E-state index is -0.935. The molecule has 0 aliphatic carbocycles. The van der Waals surface area contributed by atoms with Crippen LogP contribution >= 0.6 is 11.3 Å². The molecule has 2 aromatic heterocycles. The molecule has 0 aliphatic heterocycles. The molecule has 18 heavy (non-hydrogen) atoms. The molecule has 1 N–H and O–H groups in total. The van der Waals surface area contributed by atoms with E-state index in [0.717, 1.165) is 10.6 Å². The molecule has 0 saturated carbocycles. The zero-order valence-electron chi connectivity index (χ0n) is 10.5. The highest BCUT2D eigenvalue weighted by atomic mass is 32.1. The van der Waals surface area contributed by atoms with Gasteiger partial charge in [-0.1, -0.05) is 20.8 Å². The second kappa shape index (κ2) is 4.49. The van der Waals surface area contributed by atoms with Crippen LogP contribution in [-0.2, 0) is 5.41 Å². The highest BCUT2D eigenvalue weighted by Crippen LogP contribution is 2.34. The highest BCUT2D eigenvalue weighted by molar-refractivity contribution is 7.14. The van der Waals surface area contributed by atoms with Gasteiger partial charge in [0.15, 0.2) is 0 Å². The van der Waals surface area contributed by atoms with E-state index in [1.165, 1.54) is 11.3 Å². The summed E-state index contributed by atoms with van der Waals surface area (Å²) in [6, 6.07) is 3.54. The number of pyridine rings is 1. The molecule has 0 atom stereocenters. The number of aromatic nitrogens is 2. The molecule has 0 spiro atoms. The average Bonchev–Trinajstić information content (AvgIpc) is 2.74. The summed E-state index contributed by atoms with van der Waals surface area (Å²) < 4.78 is 0. The Kier molecular flexibility index (Phi) is 3.17. The van der Waals surface area contributed by atoms with Crippen LogP contribution in [0.25, 0.3) is 11.3 Å². The lowest BCUT2D eigenvalue weighted by Crippen LogP contribution is -2.10. The van der Waals surface area contributed by atoms with Gasteiger partial charge in [0.05, 0.1) is 10.7 Å². The maximum absolute atomic E-state index is 11.3. The van der Waals surface area contributed by atoms with Crippen molar-refractivity contribution in [1.29, 1.82) is 0 Å². The third kappa shape index (κ3) is 2.41. The van der Waals surface area contributed by atoms with E-state index in [4.69, 9.17) is 0 Å². The molecule has 0 fully saturated rings. The van der Waals surface area contributed by atoms with Gasteiger partial charge in [0.25, 0.3) is 0 Å². The van der Waals surface area contributed by atoms with Gasteiger partial charge in [-0.3, -0.25) is 4.98 Å². The lowest BCUT2D eigenvalue weighted by Gasteiger charge is -2.13. The molecule has 0 amide bonds. The summed E-state index contributed by atoms with van der Waals surface area (Å²) in [6.07, 6.45) is 3.27. The van der Waals surface area contributed by atoms with Crippen molar-refractivity contribution in [2.24, 2.45) is 0 Å². The predicted octanol–water partition coefficient (Wildman–Crippen LogP) is 3.20. The zero-order chi connectivity index (χ0) is 13.3. The zero-order valence-corrected chi connectivity index (χ0v) is 11.3. The summed E-state index contributed by atoms with van der Waals surface area (Å²) in [7, 11) is 0. The quantitative estimate of drug-likeness (QED) is 0.902. The minimum absolute atomic E-state index is 0.153. The summed E-state index contributed by atoms with van der Waals surface area (Å²) >= 11 is 1.24. The van der Waals surface area contributed by atoms with Gasteiger partial charge in [-0.2, -0.15) is 0 Å². The van der Waals surface area contributed by atoms with Crippen LogP contribution in [0.2, 0.25) is 0 Å². The predicted molar refractivity (Wildman–Crippen MR) is 71.0 cm³/mol. The molecule has 2 aromatic rings. The first-order valence-electron chi connectivity index (χ1n) is 5.54. The molecule has 0 aromatic carbocycles. The van der Waals surface area contributed by atoms with Gasteiger partial charge in [0.1, 0.15) is 4.88 Å². The van der Waals surface area contributed by atoms with Crippen LogP contribution in [0.5, 0.6) is 0 Å². The van der Waals surface area contributed by atoms with Crippen LogP contribution < -0.4 is 0 Å². The molecule has 2 rings (SSSR count). The molecule has 2 heterocycles. The number of carbonyl (C=O) groups is 1. The van der Waals surface area contributed by atoms with Gasteiger partial charge in [-0.05, 0) is 12.1 Å². The number of nitrogens with zero attached hydrogens (tertiary/aromatic N) is 2. The van der Waals surface area contributed by atoms with E-state index in [1.807, 2.05) is 20.8 Å². The third-order valence-corrected chi connectivity index (χ3v) is 3.89. The standard InChI is InChI=1S/C13H14N2O2S/c1-13(2,3)12-15-9(10(18-12)11(16)17)8-4-6-14-7-5-8/h4-7H,1-3H3,(H,16,17). The lowest BCUT2D eigenvalue weighted by molar-refractivity contribution is 0.0702. The molecule has 4 nitrogen and oxygen atoms in total. The van der Waals surface area contributed by atoms with E-state index in [-0.39, 0.29) is 10.3 Å². The van der Waals surface area contributed by atoms with Gasteiger partial charge in [0.2, 0.25) is 0 Å². The largest absolute Gasteiger partial charge is 0.477 e. The lowest BCUT2D eigenvalue weighted by atomic mass is 9.98. The fourth-order valence-corrected chi connectivity index (χ4v) is 2.48. The monoisotopic (exact) mass is 262 g/mol. The van der Waals surface area contributed by atoms with E-state index in [9.17, 15) is 9.90 Å². The van der Waals surface area contributed by atoms with Crippen molar-refractivity contribution in [2.45, 2.75) is 26.2 Å². The van der Waals surface area contributed by atoms with Crippen molar-refractivity contribution < 1.29 is 9.90 Å². The van der Waals surface area contributed by atoms with Crippen molar-refractivity contribution in [3.05, 3.63) is 34.4 Å². The Morgan fingerprint density at radius 2 is 1.89 bits per heavy atom. The molecule has 0 radical (unpaired) electrons. The number of hydrogen-bond donors (Lipinski definition) is 1. The van der Waals surface area contributed by atoms with E-state index in [1.54, 1.807) is 24.5 Å². The Morgan fingerprint density at radius 3 is 2.39 bits per heavy atom. The molecular formula is C13H14N2O2S. The molecule has 94 valence electrons. The van der Waals surface area contributed by atoms with Crippen LogP contribution in [0.3, 0.4) is 0 Å². The highest BCUT2D eigenvalue weighted by Gasteiger charge is 2.25. The Labute approximate surface area is 109 Å². The first-order valence-corrected chi connectivity index (χ1v) is 6.36. The topological polar surface area (TPSA) is 63.1 Å². The molecule has 0 saturated heterocycles. The van der Waals surface area contributed by atoms with Crippen LogP contribution in [0.4, 0.5) is 0 Å². The number of hydrogen-bond acceptors (Lipinski definition) is 4. The SMILES string of the molecule is CC(C)(C)c1nc(-c2ccncc2)c(C(=O)O)s1. The maximum Gasteiger partial charge on any atom is 0.348 e. The normalized spacial score (nSPS) is 11.5. The van der Waals surface area contributed by atoms with Crippen LogP contribution in [0.15, 0.2) is 24.5 Å². The van der Waals surface area contributed by atoms with Crippen LogP contribution in [0.1, 0.15) is 35.5 Å². The fraction of sp³-hybridized carbons (Fsp3) is 0.308. The second-order valence-electron chi connectivity index (χ2n) is 4.99. The molecular weight excluding hydrogens is 248 g/mol. The van der Waals surface area contributed by atoms with Crippen LogP contribution in [0, 0.1) is 0 Å². The van der Waals surface area contributed by atoms with Crippen molar-refractivity contribution in [3.63, 3.8) is 0 Å². The van der Waals surface area contributed by atoms with Gasteiger partial charge in [-0.15, -0.1) is 11.3 Å². The smallest absolute Gasteiger partial charge is 0.348 e. The molecule has 0 bridgehead atoms. The Morgan fingerprint density at radius 1 is 1.28 bits per heavy atom. The molecule has 0 unspecified atom stereocenters. The third-order valence-electron chi connectivity index (χ3n) is 2.42. The number of rotatable bonds is 2. The molecule has 0 aliphatic rings. The summed E-state index contributed by atoms with van der Waals surface area (Å²) in [5.74, 6) is -0.935. The first-order chi connectivity index (χ1) is 8.39. The van der Waals surface area contributed by atoms with Crippen molar-refractivity contribution in [1.82, 2.24) is 9.97 Å². The number of carboxylic acid groups (broad SMARTS) is 1. The van der Waals surface area contributed by atoms with Gasteiger partial charge in [-0.25, -0.2) is 9.78 Å². The van der Waals surface area contributed by atoms with E-state index in [0.29, 0.717) is 5.69 Å². The summed E-state index contributed by atoms with van der Waals surface area (Å²) in [5.41, 5.74) is 1.16.